The lowest BCUT2D eigenvalue weighted by Crippen LogP contribution is -1.96. The maximum Gasteiger partial charge on any atom is 0.0945 e. The van der Waals surface area contributed by atoms with Crippen LogP contribution in [0.5, 0.6) is 0 Å². The molecule has 2 heterocycles. The molecule has 0 aliphatic rings. The van der Waals surface area contributed by atoms with Crippen LogP contribution < -0.4 is 0 Å². The molecule has 0 unspecified atom stereocenters. The molecule has 0 aliphatic carbocycles. The highest BCUT2D eigenvalue weighted by atomic mass is 15.3. The second kappa shape index (κ2) is 4.93. The van der Waals surface area contributed by atoms with Gasteiger partial charge in [-0.3, -0.25) is 4.98 Å². The van der Waals surface area contributed by atoms with Crippen molar-refractivity contribution in [3.05, 3.63) is 65.6 Å². The number of rotatable bonds is 2. The van der Waals surface area contributed by atoms with Crippen molar-refractivity contribution < 1.29 is 0 Å². The van der Waals surface area contributed by atoms with Gasteiger partial charge in [0.05, 0.1) is 11.4 Å². The number of aromatic nitrogens is 3. The van der Waals surface area contributed by atoms with E-state index in [1.54, 1.807) is 0 Å². The molecule has 0 saturated heterocycles. The van der Waals surface area contributed by atoms with Crippen LogP contribution in [0.4, 0.5) is 0 Å². The van der Waals surface area contributed by atoms with Crippen molar-refractivity contribution in [2.45, 2.75) is 20.8 Å². The third kappa shape index (κ3) is 2.35. The highest BCUT2D eigenvalue weighted by Gasteiger charge is 2.07. The van der Waals surface area contributed by atoms with Crippen molar-refractivity contribution in [3.8, 4) is 16.9 Å². The first-order valence-corrected chi connectivity index (χ1v) is 6.71. The van der Waals surface area contributed by atoms with E-state index in [0.29, 0.717) is 0 Å². The molecule has 0 spiro atoms. The van der Waals surface area contributed by atoms with Gasteiger partial charge in [-0.05, 0) is 51.1 Å². The van der Waals surface area contributed by atoms with E-state index < -0.39 is 0 Å². The van der Waals surface area contributed by atoms with E-state index in [1.807, 2.05) is 36.9 Å². The molecule has 0 amide bonds. The van der Waals surface area contributed by atoms with E-state index in [0.717, 1.165) is 28.3 Å². The van der Waals surface area contributed by atoms with E-state index in [2.05, 4.69) is 47.3 Å². The predicted octanol–water partition coefficient (Wildman–Crippen LogP) is 3.86. The van der Waals surface area contributed by atoms with E-state index in [-0.39, 0.29) is 0 Å². The Morgan fingerprint density at radius 2 is 1.60 bits per heavy atom. The second-order valence-electron chi connectivity index (χ2n) is 5.07. The summed E-state index contributed by atoms with van der Waals surface area (Å²) in [5.74, 6) is 0. The molecule has 3 heteroatoms. The molecule has 100 valence electrons. The fourth-order valence-electron chi connectivity index (χ4n) is 2.27. The Morgan fingerprint density at radius 3 is 2.30 bits per heavy atom. The van der Waals surface area contributed by atoms with Crippen molar-refractivity contribution in [2.24, 2.45) is 0 Å². The smallest absolute Gasteiger partial charge is 0.0945 e. The van der Waals surface area contributed by atoms with Gasteiger partial charge < -0.3 is 0 Å². The van der Waals surface area contributed by atoms with Crippen LogP contribution in [-0.2, 0) is 0 Å². The summed E-state index contributed by atoms with van der Waals surface area (Å²) in [5.41, 5.74) is 6.40. The van der Waals surface area contributed by atoms with Crippen LogP contribution in [0.2, 0.25) is 0 Å². The number of aryl methyl sites for hydroxylation is 3. The molecule has 0 radical (unpaired) electrons. The zero-order valence-electron chi connectivity index (χ0n) is 12.0. The summed E-state index contributed by atoms with van der Waals surface area (Å²) in [5, 5.41) is 4.65. The molecule has 3 aromatic rings. The molecule has 2 aromatic heterocycles. The molecule has 3 rings (SSSR count). The lowest BCUT2D eigenvalue weighted by Gasteiger charge is -2.04. The first-order chi connectivity index (χ1) is 9.63. The van der Waals surface area contributed by atoms with Crippen LogP contribution in [0.25, 0.3) is 16.9 Å². The SMILES string of the molecule is Cc1ccc(-n2ccc(-c3ccc(C)nc3C)n2)cc1. The second-order valence-corrected chi connectivity index (χ2v) is 5.07. The summed E-state index contributed by atoms with van der Waals surface area (Å²) in [6, 6.07) is 14.5. The zero-order chi connectivity index (χ0) is 14.1. The number of hydrogen-bond acceptors (Lipinski definition) is 2. The van der Waals surface area contributed by atoms with E-state index in [1.165, 1.54) is 5.56 Å². The maximum absolute atomic E-state index is 4.65. The lowest BCUT2D eigenvalue weighted by molar-refractivity contribution is 0.882. The fourth-order valence-corrected chi connectivity index (χ4v) is 2.27. The molecule has 3 nitrogen and oxygen atoms in total. The van der Waals surface area contributed by atoms with Crippen LogP contribution in [0.3, 0.4) is 0 Å². The van der Waals surface area contributed by atoms with E-state index >= 15 is 0 Å². The van der Waals surface area contributed by atoms with E-state index in [9.17, 15) is 0 Å². The van der Waals surface area contributed by atoms with Gasteiger partial charge in [-0.15, -0.1) is 0 Å². The Labute approximate surface area is 118 Å². The summed E-state index contributed by atoms with van der Waals surface area (Å²) in [4.78, 5) is 4.49. The number of hydrogen-bond donors (Lipinski definition) is 0. The lowest BCUT2D eigenvalue weighted by atomic mass is 10.1. The molecule has 0 bridgehead atoms. The zero-order valence-corrected chi connectivity index (χ0v) is 12.0. The standard InChI is InChI=1S/C17H17N3/c1-12-4-7-15(8-5-12)20-11-10-17(19-20)16-9-6-13(2)18-14(16)3/h4-11H,1-3H3. The summed E-state index contributed by atoms with van der Waals surface area (Å²) >= 11 is 0. The van der Waals surface area contributed by atoms with Crippen LogP contribution in [0.1, 0.15) is 17.0 Å². The summed E-state index contributed by atoms with van der Waals surface area (Å²) in [6.07, 6.45) is 1.99. The molecule has 1 aromatic carbocycles. The Morgan fingerprint density at radius 1 is 0.850 bits per heavy atom. The monoisotopic (exact) mass is 263 g/mol. The molecular formula is C17H17N3. The number of nitrogens with zero attached hydrogens (tertiary/aromatic N) is 3. The van der Waals surface area contributed by atoms with Crippen LogP contribution in [0.15, 0.2) is 48.7 Å². The fraction of sp³-hybridized carbons (Fsp3) is 0.176. The highest BCUT2D eigenvalue weighted by Crippen LogP contribution is 2.21. The quantitative estimate of drug-likeness (QED) is 0.703. The molecule has 0 atom stereocenters. The molecular weight excluding hydrogens is 246 g/mol. The van der Waals surface area contributed by atoms with Crippen LogP contribution >= 0.6 is 0 Å². The minimum absolute atomic E-state index is 0.954. The van der Waals surface area contributed by atoms with Gasteiger partial charge >= 0.3 is 0 Å². The number of pyridine rings is 1. The average molecular weight is 263 g/mol. The van der Waals surface area contributed by atoms with Gasteiger partial charge in [-0.25, -0.2) is 4.68 Å². The van der Waals surface area contributed by atoms with Gasteiger partial charge in [0.2, 0.25) is 0 Å². The summed E-state index contributed by atoms with van der Waals surface area (Å²) in [6.45, 7) is 6.11. The molecule has 20 heavy (non-hydrogen) atoms. The summed E-state index contributed by atoms with van der Waals surface area (Å²) in [7, 11) is 0. The third-order valence-electron chi connectivity index (χ3n) is 3.39. The van der Waals surface area contributed by atoms with Gasteiger partial charge in [0.15, 0.2) is 0 Å². The highest BCUT2D eigenvalue weighted by molar-refractivity contribution is 5.61. The maximum atomic E-state index is 4.65. The van der Waals surface area contributed by atoms with Crippen LogP contribution in [0, 0.1) is 20.8 Å². The first-order valence-electron chi connectivity index (χ1n) is 6.71. The summed E-state index contributed by atoms with van der Waals surface area (Å²) < 4.78 is 1.90. The molecule has 0 aliphatic heterocycles. The largest absolute Gasteiger partial charge is 0.258 e. The van der Waals surface area contributed by atoms with Crippen molar-refractivity contribution in [1.82, 2.24) is 14.8 Å². The molecule has 0 saturated carbocycles. The van der Waals surface area contributed by atoms with Gasteiger partial charge in [0.25, 0.3) is 0 Å². The van der Waals surface area contributed by atoms with Gasteiger partial charge in [0, 0.05) is 23.1 Å². The molecule has 0 fully saturated rings. The average Bonchev–Trinajstić information content (AvgIpc) is 2.89. The minimum Gasteiger partial charge on any atom is -0.258 e. The predicted molar refractivity (Wildman–Crippen MR) is 81.0 cm³/mol. The van der Waals surface area contributed by atoms with Gasteiger partial charge in [-0.1, -0.05) is 17.7 Å². The Kier molecular flexibility index (Phi) is 3.11. The first kappa shape index (κ1) is 12.6. The Balaban J connectivity index is 1.99. The van der Waals surface area contributed by atoms with E-state index in [4.69, 9.17) is 0 Å². The van der Waals surface area contributed by atoms with Crippen LogP contribution in [-0.4, -0.2) is 14.8 Å². The third-order valence-corrected chi connectivity index (χ3v) is 3.39. The number of benzene rings is 1. The van der Waals surface area contributed by atoms with Crippen molar-refractivity contribution in [2.75, 3.05) is 0 Å². The Hall–Kier alpha value is -2.42. The molecule has 0 N–H and O–H groups in total. The van der Waals surface area contributed by atoms with Crippen molar-refractivity contribution >= 4 is 0 Å². The normalized spacial score (nSPS) is 10.8. The van der Waals surface area contributed by atoms with Crippen molar-refractivity contribution in [1.29, 1.82) is 0 Å². The van der Waals surface area contributed by atoms with Gasteiger partial charge in [0.1, 0.15) is 0 Å². The Bertz CT molecular complexity index is 739. The van der Waals surface area contributed by atoms with Crippen molar-refractivity contribution in [3.63, 3.8) is 0 Å². The topological polar surface area (TPSA) is 30.7 Å². The minimum atomic E-state index is 0.954. The van der Waals surface area contributed by atoms with Gasteiger partial charge in [-0.2, -0.15) is 5.10 Å².